The van der Waals surface area contributed by atoms with Crippen LogP contribution in [0.3, 0.4) is 0 Å². The second-order valence-corrected chi connectivity index (χ2v) is 9.93. The van der Waals surface area contributed by atoms with Crippen LogP contribution in [0.2, 0.25) is 0 Å². The molecule has 1 heterocycles. The van der Waals surface area contributed by atoms with Crippen molar-refractivity contribution in [3.05, 3.63) is 59.4 Å². The number of ether oxygens (including phenoxy) is 4. The van der Waals surface area contributed by atoms with E-state index in [9.17, 15) is 9.18 Å². The zero-order chi connectivity index (χ0) is 26.3. The lowest BCUT2D eigenvalue weighted by atomic mass is 10.0. The summed E-state index contributed by atoms with van der Waals surface area (Å²) in [7, 11) is 0. The van der Waals surface area contributed by atoms with Crippen molar-refractivity contribution < 1.29 is 28.1 Å². The normalized spacial score (nSPS) is 17.5. The van der Waals surface area contributed by atoms with E-state index >= 15 is 0 Å². The fourth-order valence-electron chi connectivity index (χ4n) is 4.44. The molecule has 0 radical (unpaired) electrons. The highest BCUT2D eigenvalue weighted by atomic mass is 19.1. The Morgan fingerprint density at radius 1 is 0.838 bits per heavy atom. The number of hydrogen-bond donors (Lipinski definition) is 0. The SMILES string of the molecule is CCCCCCCCC1COC(c2ccc(C(=O)Oc3ccc(OCCCCCC)cc3)cc2F)OC1. The number of carbonyl (C=O) groups is 1. The molecule has 0 N–H and O–H groups in total. The Balaban J connectivity index is 1.42. The monoisotopic (exact) mass is 514 g/mol. The summed E-state index contributed by atoms with van der Waals surface area (Å²) in [6, 6.07) is 11.2. The van der Waals surface area contributed by atoms with Crippen LogP contribution in [0, 0.1) is 11.7 Å². The van der Waals surface area contributed by atoms with E-state index in [1.54, 1.807) is 36.4 Å². The van der Waals surface area contributed by atoms with E-state index in [1.165, 1.54) is 57.4 Å². The van der Waals surface area contributed by atoms with E-state index in [-0.39, 0.29) is 5.56 Å². The molecule has 3 rings (SSSR count). The van der Waals surface area contributed by atoms with Crippen LogP contribution in [0.5, 0.6) is 11.5 Å². The number of carbonyl (C=O) groups excluding carboxylic acids is 1. The predicted molar refractivity (Wildman–Crippen MR) is 144 cm³/mol. The molecule has 0 unspecified atom stereocenters. The molecule has 1 aliphatic rings. The highest BCUT2D eigenvalue weighted by molar-refractivity contribution is 5.91. The average molecular weight is 515 g/mol. The summed E-state index contributed by atoms with van der Waals surface area (Å²) in [5.41, 5.74) is 0.435. The zero-order valence-electron chi connectivity index (χ0n) is 22.5. The van der Waals surface area contributed by atoms with Gasteiger partial charge in [-0.15, -0.1) is 0 Å². The number of hydrogen-bond acceptors (Lipinski definition) is 5. The van der Waals surface area contributed by atoms with E-state index in [1.807, 2.05) is 0 Å². The van der Waals surface area contributed by atoms with Gasteiger partial charge in [-0.3, -0.25) is 0 Å². The maximum atomic E-state index is 14.8. The van der Waals surface area contributed by atoms with Crippen molar-refractivity contribution in [3.8, 4) is 11.5 Å². The first-order valence-electron chi connectivity index (χ1n) is 14.1. The number of unbranched alkanes of at least 4 members (excludes halogenated alkanes) is 8. The summed E-state index contributed by atoms with van der Waals surface area (Å²) in [5, 5.41) is 0. The van der Waals surface area contributed by atoms with Crippen LogP contribution >= 0.6 is 0 Å². The third kappa shape index (κ3) is 10.1. The van der Waals surface area contributed by atoms with Crippen molar-refractivity contribution in [2.75, 3.05) is 19.8 Å². The highest BCUT2D eigenvalue weighted by Gasteiger charge is 2.26. The lowest BCUT2D eigenvalue weighted by Crippen LogP contribution is -2.27. The van der Waals surface area contributed by atoms with Crippen molar-refractivity contribution in [1.82, 2.24) is 0 Å². The molecule has 2 aromatic rings. The Morgan fingerprint density at radius 3 is 2.14 bits per heavy atom. The van der Waals surface area contributed by atoms with Gasteiger partial charge in [0.1, 0.15) is 17.3 Å². The summed E-state index contributed by atoms with van der Waals surface area (Å²) >= 11 is 0. The fourth-order valence-corrected chi connectivity index (χ4v) is 4.44. The average Bonchev–Trinajstić information content (AvgIpc) is 2.92. The molecule has 0 aromatic heterocycles. The summed E-state index contributed by atoms with van der Waals surface area (Å²) in [4.78, 5) is 12.6. The highest BCUT2D eigenvalue weighted by Crippen LogP contribution is 2.30. The first-order valence-corrected chi connectivity index (χ1v) is 14.1. The summed E-state index contributed by atoms with van der Waals surface area (Å²) in [6.45, 7) is 6.18. The first kappa shape index (κ1) is 29.1. The standard InChI is InChI=1S/C31H43FO5/c1-3-5-7-9-10-11-13-24-22-35-31(36-23-24)28-19-14-25(21-29(28)32)30(33)37-27-17-15-26(16-18-27)34-20-12-8-6-4-2/h14-19,21,24,31H,3-13,20,22-23H2,1-2H3. The molecule has 1 saturated heterocycles. The Hall–Kier alpha value is -2.44. The van der Waals surface area contributed by atoms with Crippen LogP contribution in [0.25, 0.3) is 0 Å². The van der Waals surface area contributed by atoms with Crippen molar-refractivity contribution in [1.29, 1.82) is 0 Å². The van der Waals surface area contributed by atoms with Gasteiger partial charge in [0, 0.05) is 11.5 Å². The molecule has 1 aliphatic heterocycles. The second kappa shape index (κ2) is 16.4. The fraction of sp³-hybridized carbons (Fsp3) is 0.581. The van der Waals surface area contributed by atoms with Gasteiger partial charge < -0.3 is 18.9 Å². The number of benzene rings is 2. The Labute approximate surface area is 221 Å². The van der Waals surface area contributed by atoms with Gasteiger partial charge in [-0.1, -0.05) is 77.7 Å². The predicted octanol–water partition coefficient (Wildman–Crippen LogP) is 8.42. The lowest BCUT2D eigenvalue weighted by Gasteiger charge is -2.30. The smallest absolute Gasteiger partial charge is 0.343 e. The number of halogens is 1. The maximum absolute atomic E-state index is 14.8. The van der Waals surface area contributed by atoms with Gasteiger partial charge in [0.15, 0.2) is 6.29 Å². The van der Waals surface area contributed by atoms with Crippen molar-refractivity contribution in [3.63, 3.8) is 0 Å². The molecule has 0 aliphatic carbocycles. The van der Waals surface area contributed by atoms with Gasteiger partial charge in [-0.05, 0) is 49.2 Å². The van der Waals surface area contributed by atoms with E-state index < -0.39 is 18.1 Å². The van der Waals surface area contributed by atoms with Crippen LogP contribution in [0.15, 0.2) is 42.5 Å². The molecule has 0 spiro atoms. The van der Waals surface area contributed by atoms with E-state index in [4.69, 9.17) is 18.9 Å². The molecule has 6 heteroatoms. The zero-order valence-corrected chi connectivity index (χ0v) is 22.5. The van der Waals surface area contributed by atoms with Crippen molar-refractivity contribution >= 4 is 5.97 Å². The summed E-state index contributed by atoms with van der Waals surface area (Å²) < 4.78 is 37.6. The van der Waals surface area contributed by atoms with Crippen molar-refractivity contribution in [2.45, 2.75) is 90.8 Å². The van der Waals surface area contributed by atoms with Crippen molar-refractivity contribution in [2.24, 2.45) is 5.92 Å². The van der Waals surface area contributed by atoms with E-state index in [0.717, 1.165) is 25.0 Å². The van der Waals surface area contributed by atoms with Gasteiger partial charge in [-0.2, -0.15) is 0 Å². The molecule has 0 saturated carbocycles. The second-order valence-electron chi connectivity index (χ2n) is 9.93. The molecule has 5 nitrogen and oxygen atoms in total. The van der Waals surface area contributed by atoms with E-state index in [0.29, 0.717) is 37.1 Å². The molecule has 0 amide bonds. The van der Waals surface area contributed by atoms with Crippen LogP contribution < -0.4 is 9.47 Å². The largest absolute Gasteiger partial charge is 0.494 e. The minimum Gasteiger partial charge on any atom is -0.494 e. The van der Waals surface area contributed by atoms with E-state index in [2.05, 4.69) is 13.8 Å². The molecule has 37 heavy (non-hydrogen) atoms. The topological polar surface area (TPSA) is 54.0 Å². The molecule has 0 bridgehead atoms. The Kier molecular flexibility index (Phi) is 12.9. The third-order valence-corrected chi connectivity index (χ3v) is 6.72. The quantitative estimate of drug-likeness (QED) is 0.128. The third-order valence-electron chi connectivity index (χ3n) is 6.72. The van der Waals surface area contributed by atoms with Crippen LogP contribution in [-0.2, 0) is 9.47 Å². The minimum atomic E-state index is -0.750. The van der Waals surface area contributed by atoms with Crippen LogP contribution in [0.4, 0.5) is 4.39 Å². The lowest BCUT2D eigenvalue weighted by molar-refractivity contribution is -0.207. The van der Waals surface area contributed by atoms with Gasteiger partial charge in [-0.25, -0.2) is 9.18 Å². The first-order chi connectivity index (χ1) is 18.1. The molecule has 2 aromatic carbocycles. The van der Waals surface area contributed by atoms with Crippen LogP contribution in [-0.4, -0.2) is 25.8 Å². The van der Waals surface area contributed by atoms with Gasteiger partial charge in [0.2, 0.25) is 0 Å². The van der Waals surface area contributed by atoms with Gasteiger partial charge in [0.05, 0.1) is 25.4 Å². The van der Waals surface area contributed by atoms with Crippen LogP contribution in [0.1, 0.15) is 107 Å². The summed E-state index contributed by atoms with van der Waals surface area (Å²) in [6.07, 6.45) is 12.4. The minimum absolute atomic E-state index is 0.134. The summed E-state index contributed by atoms with van der Waals surface area (Å²) in [5.74, 6) is 0.290. The molecular weight excluding hydrogens is 471 g/mol. The number of esters is 1. The van der Waals surface area contributed by atoms with Gasteiger partial charge in [0.25, 0.3) is 0 Å². The number of rotatable bonds is 16. The Bertz CT molecular complexity index is 922. The molecule has 204 valence electrons. The maximum Gasteiger partial charge on any atom is 0.343 e. The molecule has 0 atom stereocenters. The molecular formula is C31H43FO5. The molecule has 1 fully saturated rings. The Morgan fingerprint density at radius 2 is 1.46 bits per heavy atom. The van der Waals surface area contributed by atoms with Gasteiger partial charge >= 0.3 is 5.97 Å².